The Kier molecular flexibility index (Phi) is 9.88. The zero-order valence-electron chi connectivity index (χ0n) is 22.6. The highest BCUT2D eigenvalue weighted by molar-refractivity contribution is 7.68. The third kappa shape index (κ3) is 6.84. The first-order chi connectivity index (χ1) is 18.3. The highest BCUT2D eigenvalue weighted by Gasteiger charge is 2.48. The van der Waals surface area contributed by atoms with Gasteiger partial charge in [-0.15, -0.1) is 0 Å². The fourth-order valence-corrected chi connectivity index (χ4v) is 5.76. The van der Waals surface area contributed by atoms with Gasteiger partial charge in [0, 0.05) is 58.0 Å². The van der Waals surface area contributed by atoms with Gasteiger partial charge in [-0.3, -0.25) is 14.4 Å². The van der Waals surface area contributed by atoms with E-state index >= 15 is 0 Å². The summed E-state index contributed by atoms with van der Waals surface area (Å²) < 4.78 is 45.6. The molecule has 2 heterocycles. The molecule has 2 aromatic rings. The van der Waals surface area contributed by atoms with Gasteiger partial charge in [-0.1, -0.05) is 12.4 Å². The highest BCUT2D eigenvalue weighted by atomic mass is 31.2. The molecule has 1 aliphatic heterocycles. The number of pyridine rings is 1. The number of carbonyl (C=O) groups is 2. The number of halogens is 2. The van der Waals surface area contributed by atoms with Crippen LogP contribution in [0.3, 0.4) is 0 Å². The fraction of sp³-hybridized carbons (Fsp3) is 0.481. The number of aromatic hydroxyl groups is 1. The molecular formula is C27H35F2N2O7P. The third-order valence-electron chi connectivity index (χ3n) is 6.91. The van der Waals surface area contributed by atoms with E-state index in [0.29, 0.717) is 18.8 Å². The molecule has 1 aliphatic rings. The van der Waals surface area contributed by atoms with Crippen LogP contribution < -0.4 is 10.7 Å². The van der Waals surface area contributed by atoms with Gasteiger partial charge in [0.05, 0.1) is 24.7 Å². The minimum atomic E-state index is -1.90. The van der Waals surface area contributed by atoms with Crippen molar-refractivity contribution in [3.05, 3.63) is 63.1 Å². The van der Waals surface area contributed by atoms with Crippen molar-refractivity contribution >= 4 is 25.1 Å². The number of hydrogen-bond acceptors (Lipinski definition) is 7. The van der Waals surface area contributed by atoms with Crippen LogP contribution in [0.1, 0.15) is 46.7 Å². The zero-order chi connectivity index (χ0) is 29.0. The van der Waals surface area contributed by atoms with Crippen molar-refractivity contribution in [1.29, 1.82) is 0 Å². The lowest BCUT2D eigenvalue weighted by atomic mass is 9.73. The predicted octanol–water partition coefficient (Wildman–Crippen LogP) is 3.42. The molecule has 214 valence electrons. The summed E-state index contributed by atoms with van der Waals surface area (Å²) in [6.07, 6.45) is 5.50. The average molecular weight is 569 g/mol. The molecule has 0 saturated carbocycles. The first-order valence-electron chi connectivity index (χ1n) is 12.5. The van der Waals surface area contributed by atoms with Gasteiger partial charge in [-0.25, -0.2) is 8.78 Å². The van der Waals surface area contributed by atoms with E-state index < -0.39 is 58.7 Å². The van der Waals surface area contributed by atoms with E-state index in [1.807, 2.05) is 13.6 Å². The molecule has 0 radical (unpaired) electrons. The summed E-state index contributed by atoms with van der Waals surface area (Å²) in [5.41, 5.74) is -2.79. The van der Waals surface area contributed by atoms with Crippen LogP contribution in [0.2, 0.25) is 0 Å². The summed E-state index contributed by atoms with van der Waals surface area (Å²) in [5.74, 6) is -3.87. The summed E-state index contributed by atoms with van der Waals surface area (Å²) in [7, 11) is -0.397. The Bertz CT molecular complexity index is 1350. The van der Waals surface area contributed by atoms with Gasteiger partial charge in [0.2, 0.25) is 5.43 Å². The smallest absolute Gasteiger partial charge is 0.257 e. The molecule has 0 spiro atoms. The molecule has 1 amide bonds. The van der Waals surface area contributed by atoms with Crippen molar-refractivity contribution in [2.24, 2.45) is 5.41 Å². The predicted molar refractivity (Wildman–Crippen MR) is 145 cm³/mol. The van der Waals surface area contributed by atoms with Crippen molar-refractivity contribution in [2.45, 2.75) is 39.5 Å². The number of fused-ring (bicyclic) bond motifs is 1. The van der Waals surface area contributed by atoms with Crippen molar-refractivity contribution in [2.75, 3.05) is 39.8 Å². The van der Waals surface area contributed by atoms with Crippen LogP contribution in [0.4, 0.5) is 8.78 Å². The molecule has 1 aromatic heterocycles. The van der Waals surface area contributed by atoms with E-state index in [-0.39, 0.29) is 44.0 Å². The second-order valence-corrected chi connectivity index (χ2v) is 13.2. The maximum Gasteiger partial charge on any atom is 0.257 e. The number of aromatic nitrogens is 1. The van der Waals surface area contributed by atoms with Gasteiger partial charge in [-0.05, 0) is 33.0 Å². The summed E-state index contributed by atoms with van der Waals surface area (Å²) in [6.45, 7) is 6.32. The Balaban J connectivity index is 1.91. The van der Waals surface area contributed by atoms with Crippen molar-refractivity contribution < 1.29 is 37.5 Å². The Morgan fingerprint density at radius 1 is 1.31 bits per heavy atom. The zero-order valence-corrected chi connectivity index (χ0v) is 23.5. The van der Waals surface area contributed by atoms with Crippen LogP contribution in [0, 0.1) is 17.0 Å². The van der Waals surface area contributed by atoms with E-state index in [2.05, 4.69) is 11.6 Å². The normalized spacial score (nSPS) is 20.4. The van der Waals surface area contributed by atoms with Crippen LogP contribution in [-0.4, -0.2) is 73.5 Å². The number of hydrogen-bond donors (Lipinski definition) is 2. The summed E-state index contributed by atoms with van der Waals surface area (Å²) >= 11 is 0. The number of nitrogens with zero attached hydrogens (tertiary/aromatic N) is 1. The SMILES string of the molecule is C=P(C)(CCOC1Cn2cc(C(=O)NCc3ccc(F)cc3F)c(=O)c(O)c2C(=O)C1(C)CCOC)OCC. The Hall–Kier alpha value is -2.85. The van der Waals surface area contributed by atoms with E-state index in [1.54, 1.807) is 6.92 Å². The standard InChI is InChI=1S/C27H35F2N2O7P/c1-6-38-39(4,5)12-11-37-21-16-31-15-19(26(35)30-14-17-7-8-18(28)13-20(17)29)23(32)24(33)22(31)25(34)27(21,2)9-10-36-3/h7-8,13,15,21,33H,4,6,9-12,14,16H2,1-3,5H3,(H,30,35). The molecule has 12 heteroatoms. The van der Waals surface area contributed by atoms with E-state index in [9.17, 15) is 28.3 Å². The first kappa shape index (κ1) is 30.7. The molecule has 2 N–H and O–H groups in total. The van der Waals surface area contributed by atoms with Crippen LogP contribution in [0.15, 0.2) is 29.2 Å². The second-order valence-electron chi connectivity index (χ2n) is 9.93. The van der Waals surface area contributed by atoms with Crippen molar-refractivity contribution in [3.63, 3.8) is 0 Å². The van der Waals surface area contributed by atoms with E-state index in [0.717, 1.165) is 6.07 Å². The minimum Gasteiger partial charge on any atom is -0.503 e. The van der Waals surface area contributed by atoms with Crippen LogP contribution in [-0.2, 0) is 27.1 Å². The first-order valence-corrected chi connectivity index (χ1v) is 15.1. The number of benzene rings is 1. The molecule has 3 atom stereocenters. The molecule has 0 aliphatic carbocycles. The monoisotopic (exact) mass is 568 g/mol. The maximum absolute atomic E-state index is 14.0. The molecule has 39 heavy (non-hydrogen) atoms. The molecule has 0 bridgehead atoms. The molecular weight excluding hydrogens is 533 g/mol. The van der Waals surface area contributed by atoms with Crippen LogP contribution in [0.5, 0.6) is 5.75 Å². The lowest BCUT2D eigenvalue weighted by molar-refractivity contribution is -0.0439. The summed E-state index contributed by atoms with van der Waals surface area (Å²) in [5, 5.41) is 13.2. The molecule has 3 unspecified atom stereocenters. The molecule has 0 fully saturated rings. The lowest BCUT2D eigenvalue weighted by Crippen LogP contribution is -2.51. The molecule has 0 saturated heterocycles. The third-order valence-corrected chi connectivity index (χ3v) is 8.92. The largest absolute Gasteiger partial charge is 0.503 e. The average Bonchev–Trinajstić information content (AvgIpc) is 2.87. The van der Waals surface area contributed by atoms with Gasteiger partial charge < -0.3 is 29.0 Å². The Morgan fingerprint density at radius 2 is 2.03 bits per heavy atom. The van der Waals surface area contributed by atoms with Crippen LogP contribution in [0.25, 0.3) is 0 Å². The number of rotatable bonds is 12. The summed E-state index contributed by atoms with van der Waals surface area (Å²) in [6, 6.07) is 2.90. The van der Waals surface area contributed by atoms with Crippen LogP contribution >= 0.6 is 7.11 Å². The number of ketones is 1. The van der Waals surface area contributed by atoms with Gasteiger partial charge in [0.25, 0.3) is 5.91 Å². The maximum atomic E-state index is 14.0. The number of nitrogens with one attached hydrogen (secondary N) is 1. The topological polar surface area (TPSA) is 116 Å². The van der Waals surface area contributed by atoms with Crippen molar-refractivity contribution in [1.82, 2.24) is 9.88 Å². The molecule has 1 aromatic carbocycles. The molecule has 3 rings (SSSR count). The number of amides is 1. The second kappa shape index (κ2) is 12.6. The van der Waals surface area contributed by atoms with Gasteiger partial charge >= 0.3 is 0 Å². The van der Waals surface area contributed by atoms with Gasteiger partial charge in [0.1, 0.15) is 22.9 Å². The number of carbonyl (C=O) groups excluding carboxylic acids is 2. The van der Waals surface area contributed by atoms with Crippen molar-refractivity contribution in [3.8, 4) is 5.75 Å². The Morgan fingerprint density at radius 3 is 2.67 bits per heavy atom. The highest BCUT2D eigenvalue weighted by Crippen LogP contribution is 2.43. The fourth-order valence-electron chi connectivity index (χ4n) is 4.52. The number of ether oxygens (including phenoxy) is 2. The van der Waals surface area contributed by atoms with E-state index in [1.165, 1.54) is 23.9 Å². The number of Topliss-reactive ketones (excluding diaryl/α,β-unsaturated/α-hetero) is 1. The minimum absolute atomic E-state index is 0.0110. The van der Waals surface area contributed by atoms with E-state index in [4.69, 9.17) is 14.0 Å². The van der Waals surface area contributed by atoms with Gasteiger partial charge in [-0.2, -0.15) is 0 Å². The lowest BCUT2D eigenvalue weighted by Gasteiger charge is -2.41. The summed E-state index contributed by atoms with van der Waals surface area (Å²) in [4.78, 5) is 39.5. The molecule has 9 nitrogen and oxygen atoms in total. The Labute approximate surface area is 226 Å². The van der Waals surface area contributed by atoms with Gasteiger partial charge in [0.15, 0.2) is 11.5 Å². The number of methoxy groups -OCH3 is 1. The quantitative estimate of drug-likeness (QED) is 0.377.